The first-order valence-corrected chi connectivity index (χ1v) is 9.51. The second-order valence-electron chi connectivity index (χ2n) is 7.34. The Labute approximate surface area is 170 Å². The van der Waals surface area contributed by atoms with Crippen LogP contribution in [0, 0.1) is 12.8 Å². The second-order valence-corrected chi connectivity index (χ2v) is 7.34. The maximum Gasteiger partial charge on any atom is 0.490 e. The topological polar surface area (TPSA) is 105 Å². The molecule has 0 spiro atoms. The quantitative estimate of drug-likeness (QED) is 0.734. The summed E-state index contributed by atoms with van der Waals surface area (Å²) in [5, 5.41) is 7.12. The zero-order chi connectivity index (χ0) is 21.9. The number of ether oxygens (including phenoxy) is 2. The van der Waals surface area contributed by atoms with Crippen molar-refractivity contribution in [1.29, 1.82) is 0 Å². The van der Waals surface area contributed by atoms with Gasteiger partial charge in [0.05, 0.1) is 31.3 Å². The lowest BCUT2D eigenvalue weighted by Gasteiger charge is -2.34. The van der Waals surface area contributed by atoms with Crippen LogP contribution in [0.4, 0.5) is 19.1 Å². The van der Waals surface area contributed by atoms with Crippen molar-refractivity contribution in [3.05, 3.63) is 18.0 Å². The maximum atomic E-state index is 12.8. The third-order valence-electron chi connectivity index (χ3n) is 5.09. The van der Waals surface area contributed by atoms with Crippen LogP contribution in [-0.4, -0.2) is 89.6 Å². The van der Waals surface area contributed by atoms with Crippen LogP contribution >= 0.6 is 0 Å². The summed E-state index contributed by atoms with van der Waals surface area (Å²) >= 11 is 0. The first-order valence-electron chi connectivity index (χ1n) is 9.51. The number of aryl methyl sites for hydroxylation is 1. The Hall–Kier alpha value is -2.47. The minimum absolute atomic E-state index is 0.0476. The molecule has 0 radical (unpaired) electrons. The van der Waals surface area contributed by atoms with Crippen molar-refractivity contribution in [2.75, 3.05) is 44.3 Å². The number of fused-ring (bicyclic) bond motifs is 2. The molecule has 9 nitrogen and oxygen atoms in total. The monoisotopic (exact) mass is 432 g/mol. The molecular formula is C18H23F3N4O5. The van der Waals surface area contributed by atoms with Crippen LogP contribution in [0.1, 0.15) is 12.0 Å². The smallest absolute Gasteiger partial charge is 0.475 e. The molecule has 3 aliphatic heterocycles. The van der Waals surface area contributed by atoms with Crippen molar-refractivity contribution in [2.45, 2.75) is 31.7 Å². The van der Waals surface area contributed by atoms with Crippen molar-refractivity contribution < 1.29 is 37.3 Å². The highest BCUT2D eigenvalue weighted by atomic mass is 19.4. The molecule has 3 unspecified atom stereocenters. The van der Waals surface area contributed by atoms with Gasteiger partial charge in [0.2, 0.25) is 11.9 Å². The van der Waals surface area contributed by atoms with Gasteiger partial charge in [-0.15, -0.1) is 0 Å². The standard InChI is InChI=1S/C16H22N4O3.C2HF3O2/c1-11-7-17-16(18-8-11)20-9-12-6-13(14(10-20)23-12)15(21)19-2-4-22-5-3-19;3-2(4,5)1(6)7/h7-8,12-14H,2-6,9-10H2,1H3;(H,6,7). The van der Waals surface area contributed by atoms with E-state index in [4.69, 9.17) is 19.4 Å². The van der Waals surface area contributed by atoms with Crippen LogP contribution < -0.4 is 4.90 Å². The Balaban J connectivity index is 0.000000318. The second kappa shape index (κ2) is 9.13. The van der Waals surface area contributed by atoms with E-state index < -0.39 is 12.1 Å². The van der Waals surface area contributed by atoms with E-state index in [9.17, 15) is 18.0 Å². The zero-order valence-electron chi connectivity index (χ0n) is 16.3. The fourth-order valence-corrected chi connectivity index (χ4v) is 3.65. The summed E-state index contributed by atoms with van der Waals surface area (Å²) in [4.78, 5) is 34.5. The van der Waals surface area contributed by atoms with Crippen LogP contribution in [0.5, 0.6) is 0 Å². The highest BCUT2D eigenvalue weighted by Gasteiger charge is 2.46. The summed E-state index contributed by atoms with van der Waals surface area (Å²) in [6.45, 7) is 6.07. The van der Waals surface area contributed by atoms with Gasteiger partial charge in [0.25, 0.3) is 0 Å². The van der Waals surface area contributed by atoms with E-state index in [2.05, 4.69) is 14.9 Å². The molecule has 4 heterocycles. The first-order chi connectivity index (χ1) is 14.1. The van der Waals surface area contributed by atoms with Crippen molar-refractivity contribution in [3.63, 3.8) is 0 Å². The number of halogens is 3. The SMILES string of the molecule is Cc1cnc(N2CC3CC(C(=O)N4CCOCC4)C(C2)O3)nc1.O=C(O)C(F)(F)F. The number of aromatic nitrogens is 2. The first kappa shape index (κ1) is 22.2. The molecule has 3 saturated heterocycles. The minimum Gasteiger partial charge on any atom is -0.475 e. The number of alkyl halides is 3. The zero-order valence-corrected chi connectivity index (χ0v) is 16.3. The molecule has 0 aromatic carbocycles. The van der Waals surface area contributed by atoms with Crippen LogP contribution in [0.3, 0.4) is 0 Å². The summed E-state index contributed by atoms with van der Waals surface area (Å²) in [7, 11) is 0. The third kappa shape index (κ3) is 5.36. The van der Waals surface area contributed by atoms with Crippen LogP contribution in [-0.2, 0) is 19.1 Å². The van der Waals surface area contributed by atoms with Gasteiger partial charge in [-0.1, -0.05) is 0 Å². The van der Waals surface area contributed by atoms with Gasteiger partial charge < -0.3 is 24.4 Å². The number of nitrogens with zero attached hydrogens (tertiary/aromatic N) is 4. The fraction of sp³-hybridized carbons (Fsp3) is 0.667. The highest BCUT2D eigenvalue weighted by molar-refractivity contribution is 5.80. The van der Waals surface area contributed by atoms with Crippen molar-refractivity contribution in [3.8, 4) is 0 Å². The van der Waals surface area contributed by atoms with E-state index >= 15 is 0 Å². The number of hydrogen-bond acceptors (Lipinski definition) is 7. The number of carboxylic acid groups (broad SMARTS) is 1. The maximum absolute atomic E-state index is 12.8. The molecule has 2 bridgehead atoms. The number of rotatable bonds is 2. The molecule has 4 rings (SSSR count). The summed E-state index contributed by atoms with van der Waals surface area (Å²) in [6.07, 6.45) is -0.599. The average Bonchev–Trinajstić information content (AvgIpc) is 3.02. The summed E-state index contributed by atoms with van der Waals surface area (Å²) in [5.74, 6) is -1.86. The van der Waals surface area contributed by atoms with Gasteiger partial charge in [-0.25, -0.2) is 14.8 Å². The Morgan fingerprint density at radius 1 is 1.17 bits per heavy atom. The Bertz CT molecular complexity index is 755. The van der Waals surface area contributed by atoms with E-state index in [1.165, 1.54) is 0 Å². The molecule has 1 amide bonds. The molecule has 3 fully saturated rings. The van der Waals surface area contributed by atoms with Crippen LogP contribution in [0.25, 0.3) is 0 Å². The number of anilines is 1. The fourth-order valence-electron chi connectivity index (χ4n) is 3.65. The molecule has 1 N–H and O–H groups in total. The number of carbonyl (C=O) groups is 2. The highest BCUT2D eigenvalue weighted by Crippen LogP contribution is 2.34. The van der Waals surface area contributed by atoms with Gasteiger partial charge >= 0.3 is 12.1 Å². The molecule has 12 heteroatoms. The van der Waals surface area contributed by atoms with Crippen molar-refractivity contribution in [1.82, 2.24) is 14.9 Å². The van der Waals surface area contributed by atoms with E-state index in [1.807, 2.05) is 24.2 Å². The van der Waals surface area contributed by atoms with Gasteiger partial charge in [0.15, 0.2) is 0 Å². The number of hydrogen-bond donors (Lipinski definition) is 1. The largest absolute Gasteiger partial charge is 0.490 e. The molecule has 3 atom stereocenters. The lowest BCUT2D eigenvalue weighted by Crippen LogP contribution is -2.48. The normalized spacial score (nSPS) is 26.1. The molecule has 30 heavy (non-hydrogen) atoms. The van der Waals surface area contributed by atoms with E-state index in [-0.39, 0.29) is 24.0 Å². The number of carboxylic acids is 1. The van der Waals surface area contributed by atoms with Gasteiger partial charge in [-0.05, 0) is 18.9 Å². The molecule has 3 aliphatic rings. The predicted molar refractivity (Wildman–Crippen MR) is 96.8 cm³/mol. The Kier molecular flexibility index (Phi) is 6.76. The predicted octanol–water partition coefficient (Wildman–Crippen LogP) is 0.871. The van der Waals surface area contributed by atoms with Gasteiger partial charge in [-0.2, -0.15) is 13.2 Å². The average molecular weight is 432 g/mol. The van der Waals surface area contributed by atoms with Gasteiger partial charge in [-0.3, -0.25) is 4.79 Å². The van der Waals surface area contributed by atoms with Crippen LogP contribution in [0.2, 0.25) is 0 Å². The molecule has 166 valence electrons. The molecule has 0 aliphatic carbocycles. The number of carbonyl (C=O) groups excluding carboxylic acids is 1. The van der Waals surface area contributed by atoms with E-state index in [0.29, 0.717) is 32.8 Å². The lowest BCUT2D eigenvalue weighted by atomic mass is 9.98. The molecular weight excluding hydrogens is 409 g/mol. The Morgan fingerprint density at radius 2 is 1.77 bits per heavy atom. The number of amides is 1. The number of morpholine rings is 2. The summed E-state index contributed by atoms with van der Waals surface area (Å²) < 4.78 is 43.1. The minimum atomic E-state index is -5.08. The Morgan fingerprint density at radius 3 is 2.33 bits per heavy atom. The van der Waals surface area contributed by atoms with Crippen molar-refractivity contribution >= 4 is 17.8 Å². The van der Waals surface area contributed by atoms with E-state index in [0.717, 1.165) is 24.5 Å². The van der Waals surface area contributed by atoms with Crippen LogP contribution in [0.15, 0.2) is 12.4 Å². The van der Waals surface area contributed by atoms with Gasteiger partial charge in [0.1, 0.15) is 0 Å². The van der Waals surface area contributed by atoms with E-state index in [1.54, 1.807) is 0 Å². The third-order valence-corrected chi connectivity index (χ3v) is 5.09. The molecule has 1 aromatic rings. The number of aliphatic carboxylic acids is 1. The van der Waals surface area contributed by atoms with Gasteiger partial charge in [0, 0.05) is 38.6 Å². The lowest BCUT2D eigenvalue weighted by molar-refractivity contribution is -0.192. The van der Waals surface area contributed by atoms with Crippen molar-refractivity contribution in [2.24, 2.45) is 5.92 Å². The summed E-state index contributed by atoms with van der Waals surface area (Å²) in [6, 6.07) is 0. The summed E-state index contributed by atoms with van der Waals surface area (Å²) in [5.41, 5.74) is 1.05. The molecule has 1 aromatic heterocycles. The molecule has 0 saturated carbocycles.